The summed E-state index contributed by atoms with van der Waals surface area (Å²) in [6.45, 7) is 4.39. The SMILES string of the molecule is [3H]C[C@@]12CO[C@@H]([C@H]1[3H])C(C)(C)O2. The summed E-state index contributed by atoms with van der Waals surface area (Å²) < 4.78 is 26.3. The van der Waals surface area contributed by atoms with E-state index in [0.29, 0.717) is 6.61 Å². The fraction of sp³-hybridized carbons (Fsp3) is 1.00. The highest BCUT2D eigenvalue weighted by Crippen LogP contribution is 2.44. The maximum absolute atomic E-state index is 7.84. The maximum Gasteiger partial charge on any atom is 0.0921 e. The van der Waals surface area contributed by atoms with Crippen LogP contribution in [0.3, 0.4) is 0 Å². The van der Waals surface area contributed by atoms with Gasteiger partial charge in [-0.25, -0.2) is 0 Å². The quantitative estimate of drug-likeness (QED) is 0.513. The predicted molar refractivity (Wildman–Crippen MR) is 37.9 cm³/mol. The van der Waals surface area contributed by atoms with Crippen LogP contribution in [-0.2, 0) is 9.47 Å². The van der Waals surface area contributed by atoms with Gasteiger partial charge in [0.15, 0.2) is 0 Å². The number of fused-ring (bicyclic) bond motifs is 2. The van der Waals surface area contributed by atoms with Crippen LogP contribution in [0.5, 0.6) is 0 Å². The molecule has 0 aromatic rings. The minimum absolute atomic E-state index is 0.126. The average molecular weight is 146 g/mol. The van der Waals surface area contributed by atoms with E-state index in [4.69, 9.17) is 12.2 Å². The second-order valence-corrected chi connectivity index (χ2v) is 3.67. The Labute approximate surface area is 64.3 Å². The van der Waals surface area contributed by atoms with Gasteiger partial charge in [-0.3, -0.25) is 0 Å². The smallest absolute Gasteiger partial charge is 0.0921 e. The van der Waals surface area contributed by atoms with Crippen molar-refractivity contribution >= 4 is 0 Å². The number of rotatable bonds is 0. The highest BCUT2D eigenvalue weighted by atomic mass is 16.6. The van der Waals surface area contributed by atoms with E-state index in [2.05, 4.69) is 0 Å². The van der Waals surface area contributed by atoms with E-state index in [1.54, 1.807) is 0 Å². The Kier molecular flexibility index (Phi) is 0.739. The third-order valence-electron chi connectivity index (χ3n) is 2.11. The Morgan fingerprint density at radius 3 is 2.80 bits per heavy atom. The van der Waals surface area contributed by atoms with E-state index in [0.717, 1.165) is 0 Å². The Morgan fingerprint density at radius 1 is 1.70 bits per heavy atom. The minimum atomic E-state index is -0.645. The van der Waals surface area contributed by atoms with Gasteiger partial charge in [0, 0.05) is 9.14 Å². The topological polar surface area (TPSA) is 18.5 Å². The van der Waals surface area contributed by atoms with Gasteiger partial charge in [-0.2, -0.15) is 0 Å². The van der Waals surface area contributed by atoms with Crippen LogP contribution in [0.15, 0.2) is 0 Å². The Morgan fingerprint density at radius 2 is 2.50 bits per heavy atom. The molecule has 2 fully saturated rings. The first-order valence-electron chi connectivity index (χ1n) is 4.83. The monoisotopic (exact) mass is 146 g/mol. The van der Waals surface area contributed by atoms with Gasteiger partial charge in [0.25, 0.3) is 0 Å². The van der Waals surface area contributed by atoms with Crippen molar-refractivity contribution in [3.63, 3.8) is 0 Å². The molecule has 0 aromatic heterocycles. The zero-order valence-corrected chi connectivity index (χ0v) is 6.39. The summed E-state index contributed by atoms with van der Waals surface area (Å²) in [6, 6.07) is 0. The van der Waals surface area contributed by atoms with Crippen molar-refractivity contribution < 1.29 is 12.2 Å². The van der Waals surface area contributed by atoms with E-state index in [9.17, 15) is 0 Å². The summed E-state index contributed by atoms with van der Waals surface area (Å²) in [5.41, 5.74) is -1.03. The summed E-state index contributed by atoms with van der Waals surface area (Å²) in [7, 11) is 0. The molecule has 2 nitrogen and oxygen atoms in total. The van der Waals surface area contributed by atoms with Crippen molar-refractivity contribution in [1.82, 2.24) is 0 Å². The van der Waals surface area contributed by atoms with Gasteiger partial charge < -0.3 is 9.47 Å². The zero-order valence-electron chi connectivity index (χ0n) is 8.39. The van der Waals surface area contributed by atoms with Gasteiger partial charge in [-0.05, 0) is 20.7 Å². The summed E-state index contributed by atoms with van der Waals surface area (Å²) >= 11 is 0. The third kappa shape index (κ3) is 0.722. The van der Waals surface area contributed by atoms with Crippen LogP contribution in [0.1, 0.15) is 29.9 Å². The molecule has 0 amide bonds. The van der Waals surface area contributed by atoms with Crippen LogP contribution in [-0.4, -0.2) is 23.9 Å². The van der Waals surface area contributed by atoms with Crippen molar-refractivity contribution in [3.05, 3.63) is 0 Å². The van der Waals surface area contributed by atoms with Crippen LogP contribution < -0.4 is 0 Å². The molecule has 10 heavy (non-hydrogen) atoms. The van der Waals surface area contributed by atoms with Gasteiger partial charge in [0.2, 0.25) is 0 Å². The van der Waals surface area contributed by atoms with Gasteiger partial charge in [-0.15, -0.1) is 0 Å². The van der Waals surface area contributed by atoms with Gasteiger partial charge in [0.1, 0.15) is 0 Å². The first-order valence-corrected chi connectivity index (χ1v) is 3.55. The fourth-order valence-corrected chi connectivity index (χ4v) is 1.65. The summed E-state index contributed by atoms with van der Waals surface area (Å²) in [5, 5.41) is 0. The molecular formula is C8H14O2. The van der Waals surface area contributed by atoms with E-state index in [-0.39, 0.29) is 25.0 Å². The van der Waals surface area contributed by atoms with Crippen molar-refractivity contribution in [1.29, 1.82) is 0 Å². The molecule has 0 unspecified atom stereocenters. The molecule has 2 heterocycles. The highest BCUT2D eigenvalue weighted by Gasteiger charge is 2.54. The molecule has 2 heteroatoms. The molecule has 0 saturated carbocycles. The van der Waals surface area contributed by atoms with Crippen molar-refractivity contribution in [2.75, 3.05) is 6.61 Å². The molecule has 0 aliphatic carbocycles. The lowest BCUT2D eigenvalue weighted by molar-refractivity contribution is -0.178. The van der Waals surface area contributed by atoms with Gasteiger partial charge in [-0.1, -0.05) is 0 Å². The van der Waals surface area contributed by atoms with E-state index in [1.807, 2.05) is 13.8 Å². The molecule has 0 N–H and O–H groups in total. The lowest BCUT2D eigenvalue weighted by Gasteiger charge is -2.33. The molecule has 2 rings (SSSR count). The molecule has 2 saturated heterocycles. The second kappa shape index (κ2) is 1.56. The van der Waals surface area contributed by atoms with Crippen LogP contribution in [0, 0.1) is 0 Å². The molecule has 2 aliphatic heterocycles. The summed E-state index contributed by atoms with van der Waals surface area (Å²) in [6.07, 6.45) is -0.534. The number of hydrogen-bond acceptors (Lipinski definition) is 2. The number of ether oxygens (including phenoxy) is 2. The van der Waals surface area contributed by atoms with Crippen LogP contribution in [0.2, 0.25) is 0 Å². The second-order valence-electron chi connectivity index (χ2n) is 3.67. The maximum atomic E-state index is 7.84. The Bertz CT molecular complexity index is 207. The van der Waals surface area contributed by atoms with Crippen molar-refractivity contribution in [2.24, 2.45) is 0 Å². The molecule has 58 valence electrons. The van der Waals surface area contributed by atoms with Gasteiger partial charge >= 0.3 is 0 Å². The number of hydrogen-bond donors (Lipinski definition) is 0. The van der Waals surface area contributed by atoms with Gasteiger partial charge in [0.05, 0.1) is 23.9 Å². The summed E-state index contributed by atoms with van der Waals surface area (Å²) in [5.74, 6) is 0. The molecule has 0 radical (unpaired) electrons. The van der Waals surface area contributed by atoms with Crippen LogP contribution in [0.4, 0.5) is 0 Å². The minimum Gasteiger partial charge on any atom is -0.372 e. The molecule has 2 bridgehead atoms. The first kappa shape index (κ1) is 4.73. The van der Waals surface area contributed by atoms with Crippen molar-refractivity contribution in [2.45, 2.75) is 44.5 Å². The first-order chi connectivity index (χ1) is 5.52. The standard InChI is InChI=1S/C8H14O2/c1-7(2)6-4-8(3,10-7)5-9-6/h6H,4-5H2,1-3H3/t6-,8-/m0/s1/i3T,4T/t4-,6+,8+/m1. The molecular weight excluding hydrogens is 128 g/mol. The normalized spacial score (nSPS) is 60.2. The van der Waals surface area contributed by atoms with E-state index < -0.39 is 5.60 Å². The van der Waals surface area contributed by atoms with E-state index >= 15 is 0 Å². The fourth-order valence-electron chi connectivity index (χ4n) is 1.65. The molecule has 0 spiro atoms. The Balaban J connectivity index is 2.31. The molecule has 3 atom stereocenters. The molecule has 0 aromatic carbocycles. The van der Waals surface area contributed by atoms with E-state index in [1.165, 1.54) is 0 Å². The largest absolute Gasteiger partial charge is 0.372 e. The summed E-state index contributed by atoms with van der Waals surface area (Å²) in [4.78, 5) is 0. The lowest BCUT2D eigenvalue weighted by atomic mass is 10.00. The third-order valence-corrected chi connectivity index (χ3v) is 2.11. The van der Waals surface area contributed by atoms with Crippen LogP contribution >= 0.6 is 0 Å². The van der Waals surface area contributed by atoms with Crippen LogP contribution in [0.25, 0.3) is 0 Å². The zero-order chi connectivity index (χ0) is 8.98. The average Bonchev–Trinajstić information content (AvgIpc) is 2.38. The molecule has 2 aliphatic rings. The van der Waals surface area contributed by atoms with Crippen molar-refractivity contribution in [3.8, 4) is 0 Å². The highest BCUT2D eigenvalue weighted by molar-refractivity contribution is 5.02. The predicted octanol–water partition coefficient (Wildman–Crippen LogP) is 1.34. The lowest BCUT2D eigenvalue weighted by Crippen LogP contribution is -2.41. The Hall–Kier alpha value is -0.0800.